The van der Waals surface area contributed by atoms with Crippen LogP contribution >= 0.6 is 12.2 Å². The summed E-state index contributed by atoms with van der Waals surface area (Å²) in [6.45, 7) is 4.08. The lowest BCUT2D eigenvalue weighted by atomic mass is 9.86. The summed E-state index contributed by atoms with van der Waals surface area (Å²) < 4.78 is 0. The van der Waals surface area contributed by atoms with Crippen LogP contribution in [0, 0.1) is 5.41 Å². The Morgan fingerprint density at radius 1 is 1.65 bits per heavy atom. The van der Waals surface area contributed by atoms with Gasteiger partial charge in [-0.15, -0.1) is 0 Å². The minimum atomic E-state index is -0.780. The summed E-state index contributed by atoms with van der Waals surface area (Å²) in [5, 5.41) is 2.83. The van der Waals surface area contributed by atoms with Gasteiger partial charge in [0.15, 0.2) is 0 Å². The Bertz CT molecular complexity index is 407. The number of nitrogens with one attached hydrogen (secondary N) is 1. The molecule has 3 N–H and O–H groups in total. The van der Waals surface area contributed by atoms with Crippen molar-refractivity contribution >= 4 is 23.1 Å². The number of aromatic nitrogens is 1. The summed E-state index contributed by atoms with van der Waals surface area (Å²) >= 11 is 4.94. The summed E-state index contributed by atoms with van der Waals surface area (Å²) in [5.74, 6) is -0.142. The first-order valence-corrected chi connectivity index (χ1v) is 5.88. The average Bonchev–Trinajstić information content (AvgIpc) is 2.35. The third-order valence-corrected chi connectivity index (χ3v) is 3.38. The zero-order valence-corrected chi connectivity index (χ0v) is 10.9. The molecule has 1 atom stereocenters. The number of hydrogen-bond acceptors (Lipinski definition) is 3. The maximum absolute atomic E-state index is 12.0. The number of thiocarbonyl (C=S) groups is 1. The minimum absolute atomic E-state index is 0.142. The fraction of sp³-hybridized carbons (Fsp3) is 0.417. The van der Waals surface area contributed by atoms with Crippen molar-refractivity contribution in [3.63, 3.8) is 0 Å². The van der Waals surface area contributed by atoms with Crippen molar-refractivity contribution in [2.45, 2.75) is 26.8 Å². The van der Waals surface area contributed by atoms with Crippen LogP contribution in [0.2, 0.25) is 0 Å². The van der Waals surface area contributed by atoms with Gasteiger partial charge in [0.25, 0.3) is 0 Å². The lowest BCUT2D eigenvalue weighted by Gasteiger charge is -2.25. The van der Waals surface area contributed by atoms with Gasteiger partial charge in [-0.2, -0.15) is 0 Å². The summed E-state index contributed by atoms with van der Waals surface area (Å²) in [6, 6.07) is 3.73. The lowest BCUT2D eigenvalue weighted by Crippen LogP contribution is -2.46. The fourth-order valence-electron chi connectivity index (χ4n) is 1.33. The highest BCUT2D eigenvalue weighted by Gasteiger charge is 2.34. The molecule has 1 unspecified atom stereocenters. The van der Waals surface area contributed by atoms with Crippen molar-refractivity contribution in [1.82, 2.24) is 10.3 Å². The predicted molar refractivity (Wildman–Crippen MR) is 71.3 cm³/mol. The van der Waals surface area contributed by atoms with Gasteiger partial charge in [0.05, 0.1) is 10.4 Å². The van der Waals surface area contributed by atoms with Gasteiger partial charge in [0.1, 0.15) is 0 Å². The zero-order chi connectivity index (χ0) is 12.9. The van der Waals surface area contributed by atoms with Crippen LogP contribution in [0.5, 0.6) is 0 Å². The Balaban J connectivity index is 2.64. The largest absolute Gasteiger partial charge is 0.392 e. The fourth-order valence-corrected chi connectivity index (χ4v) is 1.56. The molecule has 0 radical (unpaired) electrons. The van der Waals surface area contributed by atoms with Gasteiger partial charge >= 0.3 is 0 Å². The molecule has 0 saturated heterocycles. The first kappa shape index (κ1) is 13.6. The van der Waals surface area contributed by atoms with E-state index in [0.717, 1.165) is 5.56 Å². The summed E-state index contributed by atoms with van der Waals surface area (Å²) in [5.41, 5.74) is 5.78. The van der Waals surface area contributed by atoms with Crippen molar-refractivity contribution in [3.8, 4) is 0 Å². The smallest absolute Gasteiger partial charge is 0.233 e. The van der Waals surface area contributed by atoms with E-state index in [-0.39, 0.29) is 10.9 Å². The van der Waals surface area contributed by atoms with E-state index in [1.54, 1.807) is 19.3 Å². The van der Waals surface area contributed by atoms with E-state index >= 15 is 0 Å². The molecule has 0 bridgehead atoms. The molecular formula is C12H17N3OS. The van der Waals surface area contributed by atoms with E-state index in [1.807, 2.05) is 19.1 Å². The van der Waals surface area contributed by atoms with Crippen LogP contribution in [0.4, 0.5) is 0 Å². The van der Waals surface area contributed by atoms with E-state index in [1.165, 1.54) is 0 Å². The lowest BCUT2D eigenvalue weighted by molar-refractivity contribution is -0.127. The first-order chi connectivity index (χ1) is 8.00. The highest BCUT2D eigenvalue weighted by atomic mass is 32.1. The normalized spacial score (nSPS) is 13.8. The van der Waals surface area contributed by atoms with Crippen LogP contribution in [0.25, 0.3) is 0 Å². The van der Waals surface area contributed by atoms with E-state index < -0.39 is 5.41 Å². The Morgan fingerprint density at radius 3 is 2.82 bits per heavy atom. The number of pyridine rings is 1. The molecule has 0 fully saturated rings. The quantitative estimate of drug-likeness (QED) is 0.776. The van der Waals surface area contributed by atoms with Gasteiger partial charge < -0.3 is 11.1 Å². The van der Waals surface area contributed by atoms with Crippen LogP contribution in [0.3, 0.4) is 0 Å². The molecule has 0 aliphatic heterocycles. The molecule has 0 aliphatic rings. The zero-order valence-electron chi connectivity index (χ0n) is 10.1. The Labute approximate surface area is 107 Å². The van der Waals surface area contributed by atoms with Crippen LogP contribution < -0.4 is 11.1 Å². The predicted octanol–water partition coefficient (Wildman–Crippen LogP) is 1.40. The van der Waals surface area contributed by atoms with Crippen molar-refractivity contribution in [2.75, 3.05) is 0 Å². The maximum atomic E-state index is 12.0. The molecule has 1 aromatic rings. The number of carbonyl (C=O) groups is 1. The van der Waals surface area contributed by atoms with Crippen LogP contribution in [-0.2, 0) is 11.3 Å². The standard InChI is InChI=1S/C12H17N3OS/c1-3-12(2,10(13)17)11(16)15-8-9-5-4-6-14-7-9/h4-7H,3,8H2,1-2H3,(H2,13,17)(H,15,16). The minimum Gasteiger partial charge on any atom is -0.392 e. The molecule has 4 nitrogen and oxygen atoms in total. The average molecular weight is 251 g/mol. The van der Waals surface area contributed by atoms with Crippen molar-refractivity contribution in [3.05, 3.63) is 30.1 Å². The SMILES string of the molecule is CCC(C)(C(=O)NCc1cccnc1)C(N)=S. The molecular weight excluding hydrogens is 234 g/mol. The molecule has 0 saturated carbocycles. The summed E-state index contributed by atoms with van der Waals surface area (Å²) in [4.78, 5) is 16.2. The van der Waals surface area contributed by atoms with Crippen LogP contribution in [-0.4, -0.2) is 15.9 Å². The molecule has 0 aliphatic carbocycles. The number of amides is 1. The van der Waals surface area contributed by atoms with Gasteiger partial charge in [-0.1, -0.05) is 25.2 Å². The second-order valence-corrected chi connectivity index (χ2v) is 4.53. The third-order valence-electron chi connectivity index (χ3n) is 2.93. The molecule has 1 aromatic heterocycles. The van der Waals surface area contributed by atoms with E-state index in [0.29, 0.717) is 13.0 Å². The van der Waals surface area contributed by atoms with Crippen molar-refractivity contribution in [1.29, 1.82) is 0 Å². The molecule has 1 rings (SSSR count). The molecule has 1 heterocycles. The molecule has 17 heavy (non-hydrogen) atoms. The van der Waals surface area contributed by atoms with Gasteiger partial charge in [-0.05, 0) is 25.0 Å². The van der Waals surface area contributed by atoms with Gasteiger partial charge in [0, 0.05) is 18.9 Å². The van der Waals surface area contributed by atoms with Gasteiger partial charge in [-0.3, -0.25) is 9.78 Å². The Morgan fingerprint density at radius 2 is 2.35 bits per heavy atom. The molecule has 0 spiro atoms. The van der Waals surface area contributed by atoms with Crippen LogP contribution in [0.1, 0.15) is 25.8 Å². The molecule has 5 heteroatoms. The highest BCUT2D eigenvalue weighted by Crippen LogP contribution is 2.21. The monoisotopic (exact) mass is 251 g/mol. The van der Waals surface area contributed by atoms with E-state index in [9.17, 15) is 4.79 Å². The van der Waals surface area contributed by atoms with Crippen molar-refractivity contribution in [2.24, 2.45) is 11.1 Å². The maximum Gasteiger partial charge on any atom is 0.233 e. The number of hydrogen-bond donors (Lipinski definition) is 2. The number of nitrogens with zero attached hydrogens (tertiary/aromatic N) is 1. The molecule has 0 aromatic carbocycles. The third kappa shape index (κ3) is 3.23. The van der Waals surface area contributed by atoms with Crippen molar-refractivity contribution < 1.29 is 4.79 Å². The van der Waals surface area contributed by atoms with E-state index in [4.69, 9.17) is 18.0 Å². The second kappa shape index (κ2) is 5.72. The van der Waals surface area contributed by atoms with Gasteiger partial charge in [0.2, 0.25) is 5.91 Å². The van der Waals surface area contributed by atoms with Gasteiger partial charge in [-0.25, -0.2) is 0 Å². The first-order valence-electron chi connectivity index (χ1n) is 5.48. The number of rotatable bonds is 5. The van der Waals surface area contributed by atoms with E-state index in [2.05, 4.69) is 10.3 Å². The highest BCUT2D eigenvalue weighted by molar-refractivity contribution is 7.80. The summed E-state index contributed by atoms with van der Waals surface area (Å²) in [7, 11) is 0. The summed E-state index contributed by atoms with van der Waals surface area (Å²) in [6.07, 6.45) is 3.99. The Hall–Kier alpha value is -1.49. The number of nitrogens with two attached hydrogens (primary N) is 1. The van der Waals surface area contributed by atoms with Crippen LogP contribution in [0.15, 0.2) is 24.5 Å². The molecule has 92 valence electrons. The molecule has 1 amide bonds. The second-order valence-electron chi connectivity index (χ2n) is 4.09. The topological polar surface area (TPSA) is 68.0 Å². The Kier molecular flexibility index (Phi) is 4.57. The number of carbonyl (C=O) groups excluding carboxylic acids is 1.